The molecule has 1 aromatic carbocycles. The summed E-state index contributed by atoms with van der Waals surface area (Å²) < 4.78 is 25.1. The van der Waals surface area contributed by atoms with Crippen molar-refractivity contribution in [3.05, 3.63) is 24.3 Å². The van der Waals surface area contributed by atoms with Gasteiger partial charge in [-0.15, -0.1) is 0 Å². The number of para-hydroxylation sites is 2. The Balaban J connectivity index is 1.83. The highest BCUT2D eigenvalue weighted by atomic mass is 32.2. The Labute approximate surface area is 142 Å². The van der Waals surface area contributed by atoms with Crippen LogP contribution in [0.1, 0.15) is 33.6 Å². The van der Waals surface area contributed by atoms with Gasteiger partial charge in [-0.1, -0.05) is 12.1 Å². The molecule has 0 aliphatic carbocycles. The fourth-order valence-electron chi connectivity index (χ4n) is 3.26. The zero-order chi connectivity index (χ0) is 17.5. The number of carbonyl (C=O) groups is 1. The SMILES string of the molecule is CC(C)(C)n1c(NC(=O)C[C@H]2CCS(=O)(=O)C2)nc2ccccc21. The lowest BCUT2D eigenvalue weighted by Gasteiger charge is -2.24. The minimum atomic E-state index is -2.97. The third kappa shape index (κ3) is 3.45. The molecule has 1 aromatic heterocycles. The van der Waals surface area contributed by atoms with E-state index in [0.29, 0.717) is 12.4 Å². The van der Waals surface area contributed by atoms with E-state index in [0.717, 1.165) is 11.0 Å². The first kappa shape index (κ1) is 17.0. The summed E-state index contributed by atoms with van der Waals surface area (Å²) in [5, 5.41) is 2.88. The third-order valence-corrected chi connectivity index (χ3v) is 6.12. The smallest absolute Gasteiger partial charge is 0.226 e. The van der Waals surface area contributed by atoms with Gasteiger partial charge in [-0.25, -0.2) is 13.4 Å². The van der Waals surface area contributed by atoms with Crippen LogP contribution in [0.25, 0.3) is 11.0 Å². The molecule has 7 heteroatoms. The van der Waals surface area contributed by atoms with E-state index in [9.17, 15) is 13.2 Å². The number of hydrogen-bond donors (Lipinski definition) is 1. The van der Waals surface area contributed by atoms with E-state index < -0.39 is 9.84 Å². The third-order valence-electron chi connectivity index (χ3n) is 4.28. The number of fused-ring (bicyclic) bond motifs is 1. The van der Waals surface area contributed by atoms with Gasteiger partial charge in [0.2, 0.25) is 11.9 Å². The molecular weight excluding hydrogens is 326 g/mol. The molecule has 0 unspecified atom stereocenters. The quantitative estimate of drug-likeness (QED) is 0.923. The molecule has 1 fully saturated rings. The number of nitrogens with zero attached hydrogens (tertiary/aromatic N) is 2. The van der Waals surface area contributed by atoms with Crippen LogP contribution in [0.3, 0.4) is 0 Å². The Morgan fingerprint density at radius 1 is 1.33 bits per heavy atom. The molecule has 2 aromatic rings. The number of benzene rings is 1. The van der Waals surface area contributed by atoms with Gasteiger partial charge in [0.1, 0.15) is 0 Å². The van der Waals surface area contributed by atoms with Crippen molar-refractivity contribution < 1.29 is 13.2 Å². The van der Waals surface area contributed by atoms with Gasteiger partial charge in [0, 0.05) is 12.0 Å². The van der Waals surface area contributed by atoms with Crippen LogP contribution in [0.2, 0.25) is 0 Å². The lowest BCUT2D eigenvalue weighted by molar-refractivity contribution is -0.117. The summed E-state index contributed by atoms with van der Waals surface area (Å²) in [6, 6.07) is 7.75. The number of hydrogen-bond acceptors (Lipinski definition) is 4. The van der Waals surface area contributed by atoms with E-state index in [-0.39, 0.29) is 35.3 Å². The van der Waals surface area contributed by atoms with Crippen molar-refractivity contribution in [1.82, 2.24) is 9.55 Å². The maximum Gasteiger partial charge on any atom is 0.226 e. The van der Waals surface area contributed by atoms with Crippen molar-refractivity contribution in [2.45, 2.75) is 39.2 Å². The Kier molecular flexibility index (Phi) is 4.15. The molecule has 2 heterocycles. The number of rotatable bonds is 3. The van der Waals surface area contributed by atoms with Crippen molar-refractivity contribution in [2.24, 2.45) is 5.92 Å². The van der Waals surface area contributed by atoms with Gasteiger partial charge < -0.3 is 4.57 Å². The van der Waals surface area contributed by atoms with Gasteiger partial charge >= 0.3 is 0 Å². The van der Waals surface area contributed by atoms with Gasteiger partial charge in [0.25, 0.3) is 0 Å². The molecule has 1 N–H and O–H groups in total. The summed E-state index contributed by atoms with van der Waals surface area (Å²) in [6.45, 7) is 6.17. The van der Waals surface area contributed by atoms with Crippen LogP contribution in [-0.2, 0) is 20.2 Å². The minimum absolute atomic E-state index is 0.0949. The number of aromatic nitrogens is 2. The molecule has 0 bridgehead atoms. The van der Waals surface area contributed by atoms with Gasteiger partial charge in [-0.05, 0) is 45.2 Å². The molecule has 0 saturated carbocycles. The summed E-state index contributed by atoms with van der Waals surface area (Å²) in [6.07, 6.45) is 0.776. The second kappa shape index (κ2) is 5.88. The summed E-state index contributed by atoms with van der Waals surface area (Å²) in [7, 11) is -2.97. The largest absolute Gasteiger partial charge is 0.305 e. The average molecular weight is 349 g/mol. The normalized spacial score (nSPS) is 20.4. The summed E-state index contributed by atoms with van der Waals surface area (Å²) in [4.78, 5) is 16.9. The number of amides is 1. The summed E-state index contributed by atoms with van der Waals surface area (Å²) >= 11 is 0. The summed E-state index contributed by atoms with van der Waals surface area (Å²) in [5.74, 6) is 0.525. The van der Waals surface area contributed by atoms with Crippen molar-refractivity contribution in [3.63, 3.8) is 0 Å². The molecular formula is C17H23N3O3S. The number of carbonyl (C=O) groups excluding carboxylic acids is 1. The number of nitrogens with one attached hydrogen (secondary N) is 1. The average Bonchev–Trinajstić information content (AvgIpc) is 2.97. The van der Waals surface area contributed by atoms with E-state index in [1.54, 1.807) is 0 Å². The van der Waals surface area contributed by atoms with Crippen LogP contribution in [0, 0.1) is 5.92 Å². The monoisotopic (exact) mass is 349 g/mol. The van der Waals surface area contributed by atoms with Crippen LogP contribution in [0.15, 0.2) is 24.3 Å². The van der Waals surface area contributed by atoms with E-state index in [1.165, 1.54) is 0 Å². The van der Waals surface area contributed by atoms with Crippen molar-refractivity contribution in [3.8, 4) is 0 Å². The zero-order valence-corrected chi connectivity index (χ0v) is 15.1. The lowest BCUT2D eigenvalue weighted by Crippen LogP contribution is -2.26. The lowest BCUT2D eigenvalue weighted by atomic mass is 10.1. The molecule has 1 saturated heterocycles. The highest BCUT2D eigenvalue weighted by molar-refractivity contribution is 7.91. The molecule has 0 radical (unpaired) electrons. The fourth-order valence-corrected chi connectivity index (χ4v) is 5.12. The number of imidazole rings is 1. The van der Waals surface area contributed by atoms with Crippen LogP contribution in [0.4, 0.5) is 5.95 Å². The highest BCUT2D eigenvalue weighted by Gasteiger charge is 2.30. The predicted molar refractivity (Wildman–Crippen MR) is 94.7 cm³/mol. The topological polar surface area (TPSA) is 81.1 Å². The molecule has 130 valence electrons. The van der Waals surface area contributed by atoms with Crippen LogP contribution < -0.4 is 5.32 Å². The first-order valence-corrected chi connectivity index (χ1v) is 9.96. The van der Waals surface area contributed by atoms with Crippen molar-refractivity contribution >= 4 is 32.7 Å². The summed E-state index contributed by atoms with van der Waals surface area (Å²) in [5.41, 5.74) is 1.55. The van der Waals surface area contributed by atoms with E-state index in [4.69, 9.17) is 0 Å². The van der Waals surface area contributed by atoms with Crippen LogP contribution in [0.5, 0.6) is 0 Å². The van der Waals surface area contributed by atoms with Crippen molar-refractivity contribution in [2.75, 3.05) is 16.8 Å². The maximum atomic E-state index is 12.4. The molecule has 0 spiro atoms. The van der Waals surface area contributed by atoms with Gasteiger partial charge in [-0.2, -0.15) is 0 Å². The second-order valence-corrected chi connectivity index (χ2v) is 9.68. The zero-order valence-electron chi connectivity index (χ0n) is 14.2. The second-order valence-electron chi connectivity index (χ2n) is 7.45. The van der Waals surface area contributed by atoms with E-state index >= 15 is 0 Å². The van der Waals surface area contributed by atoms with E-state index in [2.05, 4.69) is 31.1 Å². The first-order valence-electron chi connectivity index (χ1n) is 8.14. The molecule has 1 aliphatic rings. The van der Waals surface area contributed by atoms with Gasteiger partial charge in [0.05, 0.1) is 22.5 Å². The Hall–Kier alpha value is -1.89. The Morgan fingerprint density at radius 3 is 2.67 bits per heavy atom. The van der Waals surface area contributed by atoms with Gasteiger partial charge in [0.15, 0.2) is 9.84 Å². The Morgan fingerprint density at radius 2 is 2.04 bits per heavy atom. The molecule has 3 rings (SSSR count). The number of anilines is 1. The molecule has 1 amide bonds. The highest BCUT2D eigenvalue weighted by Crippen LogP contribution is 2.28. The predicted octanol–water partition coefficient (Wildman–Crippen LogP) is 2.55. The Bertz CT molecular complexity index is 878. The first-order chi connectivity index (χ1) is 11.2. The van der Waals surface area contributed by atoms with Crippen LogP contribution in [-0.4, -0.2) is 35.4 Å². The van der Waals surface area contributed by atoms with Crippen molar-refractivity contribution in [1.29, 1.82) is 0 Å². The minimum Gasteiger partial charge on any atom is -0.305 e. The standard InChI is InChI=1S/C17H23N3O3S/c1-17(2,3)20-14-7-5-4-6-13(14)18-16(20)19-15(21)10-12-8-9-24(22,23)11-12/h4-7,12H,8-11H2,1-3H3,(H,18,19,21)/t12-/m1/s1. The maximum absolute atomic E-state index is 12.4. The van der Waals surface area contributed by atoms with Crippen LogP contribution >= 0.6 is 0 Å². The number of sulfone groups is 1. The van der Waals surface area contributed by atoms with Gasteiger partial charge in [-0.3, -0.25) is 10.1 Å². The molecule has 1 aliphatic heterocycles. The van der Waals surface area contributed by atoms with E-state index in [1.807, 2.05) is 28.8 Å². The molecule has 6 nitrogen and oxygen atoms in total. The molecule has 24 heavy (non-hydrogen) atoms. The molecule has 1 atom stereocenters. The fraction of sp³-hybridized carbons (Fsp3) is 0.529.